The van der Waals surface area contributed by atoms with Crippen LogP contribution in [0.25, 0.3) is 27.5 Å². The first-order chi connectivity index (χ1) is 17.0. The van der Waals surface area contributed by atoms with Crippen molar-refractivity contribution in [2.45, 2.75) is 51.4 Å². The molecule has 4 aromatic rings. The predicted molar refractivity (Wildman–Crippen MR) is 148 cm³/mol. The van der Waals surface area contributed by atoms with Crippen LogP contribution in [-0.4, -0.2) is 5.11 Å². The molecule has 0 aliphatic heterocycles. The van der Waals surface area contributed by atoms with Crippen LogP contribution in [-0.2, 0) is 18.3 Å². The molecule has 0 saturated carbocycles. The van der Waals surface area contributed by atoms with Gasteiger partial charge in [0.2, 0.25) is 0 Å². The van der Waals surface area contributed by atoms with Gasteiger partial charge in [0, 0.05) is 5.56 Å². The number of rotatable bonds is 4. The first-order valence-corrected chi connectivity index (χ1v) is 12.8. The topological polar surface area (TPSA) is 20.2 Å². The average Bonchev–Trinajstić information content (AvgIpc) is 2.87. The zero-order valence-corrected chi connectivity index (χ0v) is 20.6. The molecule has 174 valence electrons. The summed E-state index contributed by atoms with van der Waals surface area (Å²) in [5.74, 6) is 0.341. The van der Waals surface area contributed by atoms with E-state index in [9.17, 15) is 5.11 Å². The van der Waals surface area contributed by atoms with Crippen LogP contribution >= 0.6 is 0 Å². The molecule has 1 N–H and O–H groups in total. The van der Waals surface area contributed by atoms with Gasteiger partial charge in [-0.2, -0.15) is 0 Å². The fraction of sp³-hybridized carbons (Fsp3) is 0.235. The second kappa shape index (κ2) is 8.57. The van der Waals surface area contributed by atoms with Gasteiger partial charge in [-0.3, -0.25) is 0 Å². The molecular weight excluding hydrogens is 424 g/mol. The van der Waals surface area contributed by atoms with E-state index in [4.69, 9.17) is 0 Å². The van der Waals surface area contributed by atoms with Crippen LogP contribution in [0.1, 0.15) is 55.4 Å². The Labute approximate surface area is 208 Å². The highest BCUT2D eigenvalue weighted by atomic mass is 16.3. The third kappa shape index (κ3) is 3.90. The van der Waals surface area contributed by atoms with Gasteiger partial charge in [-0.05, 0) is 93.8 Å². The first-order valence-electron chi connectivity index (χ1n) is 12.8. The molecule has 6 rings (SSSR count). The third-order valence-corrected chi connectivity index (χ3v) is 7.86. The summed E-state index contributed by atoms with van der Waals surface area (Å²) >= 11 is 0. The molecule has 2 aliphatic rings. The number of aryl methyl sites for hydroxylation is 2. The number of allylic oxidation sites excluding steroid dienone is 4. The number of hydrogen-bond acceptors (Lipinski definition) is 1. The van der Waals surface area contributed by atoms with Crippen molar-refractivity contribution in [1.82, 2.24) is 0 Å². The lowest BCUT2D eigenvalue weighted by Gasteiger charge is -2.37. The highest BCUT2D eigenvalue weighted by Gasteiger charge is 2.34. The monoisotopic (exact) mass is 456 g/mol. The van der Waals surface area contributed by atoms with Gasteiger partial charge in [0.1, 0.15) is 5.75 Å². The molecule has 0 unspecified atom stereocenters. The SMILES string of the molecule is CC1(C)CC2=C(C=CCC2)c2ccc3cc(-c4ccccc4O)c(CCc4ccccc4)cc3c21. The molecule has 0 heterocycles. The maximum absolute atomic E-state index is 10.7. The van der Waals surface area contributed by atoms with Crippen LogP contribution in [0.2, 0.25) is 0 Å². The largest absolute Gasteiger partial charge is 0.507 e. The molecule has 4 aromatic carbocycles. The smallest absolute Gasteiger partial charge is 0.123 e. The zero-order valence-electron chi connectivity index (χ0n) is 20.6. The van der Waals surface area contributed by atoms with E-state index >= 15 is 0 Å². The van der Waals surface area contributed by atoms with Crippen molar-refractivity contribution in [2.75, 3.05) is 0 Å². The minimum atomic E-state index is 0.0892. The van der Waals surface area contributed by atoms with E-state index in [0.717, 1.165) is 36.8 Å². The summed E-state index contributed by atoms with van der Waals surface area (Å²) in [5, 5.41) is 13.4. The fourth-order valence-electron chi connectivity index (χ4n) is 6.25. The van der Waals surface area contributed by atoms with Gasteiger partial charge in [-0.1, -0.05) is 98.3 Å². The van der Waals surface area contributed by atoms with E-state index in [-0.39, 0.29) is 5.41 Å². The van der Waals surface area contributed by atoms with Crippen molar-refractivity contribution in [1.29, 1.82) is 0 Å². The van der Waals surface area contributed by atoms with E-state index in [0.29, 0.717) is 5.75 Å². The van der Waals surface area contributed by atoms with Crippen LogP contribution in [0.15, 0.2) is 96.6 Å². The second-order valence-electron chi connectivity index (χ2n) is 10.7. The Morgan fingerprint density at radius 3 is 2.43 bits per heavy atom. The second-order valence-corrected chi connectivity index (χ2v) is 10.7. The normalized spacial score (nSPS) is 16.3. The Bertz CT molecular complexity index is 1480. The van der Waals surface area contributed by atoms with E-state index < -0.39 is 0 Å². The average molecular weight is 457 g/mol. The Balaban J connectivity index is 1.57. The highest BCUT2D eigenvalue weighted by Crippen LogP contribution is 2.49. The standard InChI is InChI=1S/C34H32O/c1-34(2)22-26-12-6-7-13-27(26)29-19-18-25-20-30(28-14-8-9-15-32(28)35)24(21-31(25)33(29)34)17-16-23-10-4-3-5-11-23/h3-5,7-11,13-15,18-21,35H,6,12,16-17,22H2,1-2H3. The molecule has 0 fully saturated rings. The number of phenolic OH excluding ortho intramolecular Hbond substituents is 1. The Morgan fingerprint density at radius 2 is 1.60 bits per heavy atom. The molecule has 0 radical (unpaired) electrons. The number of para-hydroxylation sites is 1. The van der Waals surface area contributed by atoms with Gasteiger partial charge >= 0.3 is 0 Å². The van der Waals surface area contributed by atoms with Crippen LogP contribution in [0.5, 0.6) is 5.75 Å². The number of fused-ring (bicyclic) bond motifs is 4. The number of hydrogen-bond donors (Lipinski definition) is 1. The lowest BCUT2D eigenvalue weighted by Crippen LogP contribution is -2.25. The highest BCUT2D eigenvalue weighted by molar-refractivity contribution is 5.98. The summed E-state index contributed by atoms with van der Waals surface area (Å²) in [5.41, 5.74) is 10.7. The molecular formula is C34H32O. The third-order valence-electron chi connectivity index (χ3n) is 7.86. The van der Waals surface area contributed by atoms with E-state index in [1.807, 2.05) is 18.2 Å². The maximum Gasteiger partial charge on any atom is 0.123 e. The molecule has 1 heteroatoms. The zero-order chi connectivity index (χ0) is 24.0. The summed E-state index contributed by atoms with van der Waals surface area (Å²) in [6.45, 7) is 4.82. The molecule has 2 aliphatic carbocycles. The van der Waals surface area contributed by atoms with E-state index in [1.165, 1.54) is 45.0 Å². The van der Waals surface area contributed by atoms with Crippen molar-refractivity contribution in [3.63, 3.8) is 0 Å². The van der Waals surface area contributed by atoms with Gasteiger partial charge < -0.3 is 5.11 Å². The van der Waals surface area contributed by atoms with Gasteiger partial charge in [-0.25, -0.2) is 0 Å². The maximum atomic E-state index is 10.7. The summed E-state index contributed by atoms with van der Waals surface area (Å²) in [7, 11) is 0. The molecule has 0 spiro atoms. The van der Waals surface area contributed by atoms with E-state index in [1.54, 1.807) is 11.6 Å². The van der Waals surface area contributed by atoms with Crippen molar-refractivity contribution in [3.8, 4) is 16.9 Å². The predicted octanol–water partition coefficient (Wildman–Crippen LogP) is 8.78. The lowest BCUT2D eigenvalue weighted by atomic mass is 9.66. The number of benzene rings is 4. The fourth-order valence-corrected chi connectivity index (χ4v) is 6.25. The van der Waals surface area contributed by atoms with Crippen molar-refractivity contribution in [3.05, 3.63) is 119 Å². The van der Waals surface area contributed by atoms with Gasteiger partial charge in [0.25, 0.3) is 0 Å². The van der Waals surface area contributed by atoms with Crippen molar-refractivity contribution >= 4 is 16.3 Å². The summed E-state index contributed by atoms with van der Waals surface area (Å²) in [4.78, 5) is 0. The Morgan fingerprint density at radius 1 is 0.800 bits per heavy atom. The summed E-state index contributed by atoms with van der Waals surface area (Å²) in [6.07, 6.45) is 10.1. The van der Waals surface area contributed by atoms with Gasteiger partial charge in [-0.15, -0.1) is 0 Å². The quantitative estimate of drug-likeness (QED) is 0.325. The van der Waals surface area contributed by atoms with Crippen LogP contribution < -0.4 is 0 Å². The minimum absolute atomic E-state index is 0.0892. The van der Waals surface area contributed by atoms with Crippen LogP contribution in [0.4, 0.5) is 0 Å². The first kappa shape index (κ1) is 21.9. The van der Waals surface area contributed by atoms with Crippen LogP contribution in [0.3, 0.4) is 0 Å². The summed E-state index contributed by atoms with van der Waals surface area (Å²) in [6, 6.07) is 27.8. The van der Waals surface area contributed by atoms with E-state index in [2.05, 4.69) is 80.6 Å². The van der Waals surface area contributed by atoms with Crippen LogP contribution in [0, 0.1) is 0 Å². The Kier molecular flexibility index (Phi) is 5.37. The molecule has 0 atom stereocenters. The molecule has 0 bridgehead atoms. The summed E-state index contributed by atoms with van der Waals surface area (Å²) < 4.78 is 0. The Hall–Kier alpha value is -3.58. The molecule has 1 nitrogen and oxygen atoms in total. The molecule has 0 saturated heterocycles. The molecule has 0 aromatic heterocycles. The minimum Gasteiger partial charge on any atom is -0.507 e. The van der Waals surface area contributed by atoms with Gasteiger partial charge in [0.15, 0.2) is 0 Å². The molecule has 0 amide bonds. The van der Waals surface area contributed by atoms with Gasteiger partial charge in [0.05, 0.1) is 0 Å². The van der Waals surface area contributed by atoms with Crippen molar-refractivity contribution < 1.29 is 5.11 Å². The van der Waals surface area contributed by atoms with Crippen molar-refractivity contribution in [2.24, 2.45) is 0 Å². The number of phenols is 1. The lowest BCUT2D eigenvalue weighted by molar-refractivity contribution is 0.477. The molecule has 35 heavy (non-hydrogen) atoms. The number of aromatic hydroxyl groups is 1.